The molecule has 0 saturated heterocycles. The lowest BCUT2D eigenvalue weighted by Gasteiger charge is -2.36. The van der Waals surface area contributed by atoms with E-state index >= 15 is 0 Å². The molecule has 1 aliphatic carbocycles. The van der Waals surface area contributed by atoms with Crippen LogP contribution in [-0.2, 0) is 0 Å². The van der Waals surface area contributed by atoms with Gasteiger partial charge in [0.05, 0.1) is 6.04 Å². The summed E-state index contributed by atoms with van der Waals surface area (Å²) in [5.41, 5.74) is 7.07. The van der Waals surface area contributed by atoms with Crippen molar-refractivity contribution in [1.29, 1.82) is 0 Å². The molecule has 2 rings (SSSR count). The van der Waals surface area contributed by atoms with Gasteiger partial charge in [-0.3, -0.25) is 4.90 Å². The van der Waals surface area contributed by atoms with E-state index in [0.717, 1.165) is 24.9 Å². The molecule has 0 heterocycles. The summed E-state index contributed by atoms with van der Waals surface area (Å²) in [6, 6.07) is 7.69. The first-order chi connectivity index (χ1) is 9.19. The Hall–Kier alpha value is -0.930. The van der Waals surface area contributed by atoms with Crippen molar-refractivity contribution in [3.63, 3.8) is 0 Å². The highest BCUT2D eigenvalue weighted by Crippen LogP contribution is 2.37. The molecule has 2 N–H and O–H groups in total. The summed E-state index contributed by atoms with van der Waals surface area (Å²) in [5, 5.41) is 0. The van der Waals surface area contributed by atoms with Crippen molar-refractivity contribution in [1.82, 2.24) is 4.90 Å². The van der Waals surface area contributed by atoms with Gasteiger partial charge in [-0.1, -0.05) is 32.0 Å². The monoisotopic (exact) mass is 264 g/mol. The van der Waals surface area contributed by atoms with Crippen molar-refractivity contribution in [2.75, 3.05) is 6.54 Å². The first-order valence-electron chi connectivity index (χ1n) is 7.44. The van der Waals surface area contributed by atoms with Gasteiger partial charge in [0.25, 0.3) is 0 Å². The summed E-state index contributed by atoms with van der Waals surface area (Å²) >= 11 is 0. The van der Waals surface area contributed by atoms with Crippen molar-refractivity contribution in [3.8, 4) is 0 Å². The van der Waals surface area contributed by atoms with Crippen LogP contribution in [0.15, 0.2) is 24.3 Å². The van der Waals surface area contributed by atoms with Crippen molar-refractivity contribution in [2.24, 2.45) is 5.73 Å². The average molecular weight is 264 g/mol. The fraction of sp³-hybridized carbons (Fsp3) is 0.625. The molecule has 0 radical (unpaired) electrons. The van der Waals surface area contributed by atoms with Crippen molar-refractivity contribution in [3.05, 3.63) is 35.6 Å². The Morgan fingerprint density at radius 3 is 2.53 bits per heavy atom. The largest absolute Gasteiger partial charge is 0.326 e. The Morgan fingerprint density at radius 2 is 2.00 bits per heavy atom. The van der Waals surface area contributed by atoms with Gasteiger partial charge in [0.15, 0.2) is 0 Å². The van der Waals surface area contributed by atoms with Crippen LogP contribution in [-0.4, -0.2) is 23.5 Å². The van der Waals surface area contributed by atoms with E-state index in [2.05, 4.69) is 18.7 Å². The lowest BCUT2D eigenvalue weighted by atomic mass is 9.95. The van der Waals surface area contributed by atoms with Crippen molar-refractivity contribution in [2.45, 2.75) is 57.7 Å². The Labute approximate surface area is 115 Å². The van der Waals surface area contributed by atoms with Gasteiger partial charge in [0.2, 0.25) is 0 Å². The maximum atomic E-state index is 14.1. The van der Waals surface area contributed by atoms with E-state index in [1.165, 1.54) is 12.8 Å². The van der Waals surface area contributed by atoms with Crippen molar-refractivity contribution < 1.29 is 4.39 Å². The van der Waals surface area contributed by atoms with Crippen LogP contribution in [0.3, 0.4) is 0 Å². The van der Waals surface area contributed by atoms with Crippen LogP contribution in [0.4, 0.5) is 4.39 Å². The summed E-state index contributed by atoms with van der Waals surface area (Å²) in [6.07, 6.45) is 4.40. The summed E-state index contributed by atoms with van der Waals surface area (Å²) in [5.74, 6) is -0.127. The highest BCUT2D eigenvalue weighted by molar-refractivity contribution is 5.23. The molecular weight excluding hydrogens is 239 g/mol. The van der Waals surface area contributed by atoms with E-state index in [9.17, 15) is 4.39 Å². The predicted molar refractivity (Wildman–Crippen MR) is 77.4 cm³/mol. The number of halogens is 1. The van der Waals surface area contributed by atoms with Crippen LogP contribution >= 0.6 is 0 Å². The maximum absolute atomic E-state index is 14.1. The summed E-state index contributed by atoms with van der Waals surface area (Å²) in [6.45, 7) is 5.25. The minimum atomic E-state index is -0.127. The molecule has 0 spiro atoms. The third-order valence-electron chi connectivity index (χ3n) is 3.96. The highest BCUT2D eigenvalue weighted by atomic mass is 19.1. The molecule has 1 aromatic carbocycles. The van der Waals surface area contributed by atoms with Gasteiger partial charge >= 0.3 is 0 Å². The summed E-state index contributed by atoms with van der Waals surface area (Å²) in [7, 11) is 0. The maximum Gasteiger partial charge on any atom is 0.128 e. The van der Waals surface area contributed by atoms with Crippen molar-refractivity contribution >= 4 is 0 Å². The standard InChI is InChI=1S/C16H25FN2/c1-3-11-19(12-9-10-12)16(15(18)4-2)13-7-5-6-8-14(13)17/h5-8,12,15-16H,3-4,9-11,18H2,1-2H3. The number of hydrogen-bond donors (Lipinski definition) is 1. The normalized spacial score (nSPS) is 18.6. The molecule has 1 aliphatic rings. The zero-order chi connectivity index (χ0) is 13.8. The van der Waals surface area contributed by atoms with Crippen LogP contribution in [0.2, 0.25) is 0 Å². The molecule has 0 bridgehead atoms. The first-order valence-corrected chi connectivity index (χ1v) is 7.44. The molecule has 1 aromatic rings. The number of rotatable bonds is 7. The molecule has 1 fully saturated rings. The molecule has 2 nitrogen and oxygen atoms in total. The Morgan fingerprint density at radius 1 is 1.32 bits per heavy atom. The zero-order valence-electron chi connectivity index (χ0n) is 12.0. The second-order valence-corrected chi connectivity index (χ2v) is 5.51. The minimum absolute atomic E-state index is 0.0101. The quantitative estimate of drug-likeness (QED) is 0.817. The van der Waals surface area contributed by atoms with E-state index in [1.54, 1.807) is 12.1 Å². The Kier molecular flexibility index (Phi) is 4.94. The molecule has 19 heavy (non-hydrogen) atoms. The van der Waals surface area contributed by atoms with Gasteiger partial charge in [-0.15, -0.1) is 0 Å². The smallest absolute Gasteiger partial charge is 0.128 e. The second kappa shape index (κ2) is 6.49. The third kappa shape index (κ3) is 3.34. The molecule has 2 atom stereocenters. The SMILES string of the molecule is CCCN(C1CC1)C(c1ccccc1F)C(N)CC. The lowest BCUT2D eigenvalue weighted by Crippen LogP contribution is -2.42. The number of benzene rings is 1. The van der Waals surface area contributed by atoms with Crippen LogP contribution < -0.4 is 5.73 Å². The summed E-state index contributed by atoms with van der Waals surface area (Å²) in [4.78, 5) is 2.42. The predicted octanol–water partition coefficient (Wildman–Crippen LogP) is 3.48. The van der Waals surface area contributed by atoms with Crippen LogP contribution in [0.5, 0.6) is 0 Å². The Balaban J connectivity index is 2.31. The van der Waals surface area contributed by atoms with E-state index in [4.69, 9.17) is 5.73 Å². The number of nitrogens with two attached hydrogens (primary N) is 1. The van der Waals surface area contributed by atoms with Gasteiger partial charge in [-0.2, -0.15) is 0 Å². The van der Waals surface area contributed by atoms with Gasteiger partial charge in [-0.25, -0.2) is 4.39 Å². The zero-order valence-corrected chi connectivity index (χ0v) is 12.0. The van der Waals surface area contributed by atoms with E-state index in [1.807, 2.05) is 12.1 Å². The van der Waals surface area contributed by atoms with E-state index < -0.39 is 0 Å². The molecule has 0 aliphatic heterocycles. The molecule has 1 saturated carbocycles. The van der Waals surface area contributed by atoms with Gasteiger partial charge in [0, 0.05) is 17.6 Å². The van der Waals surface area contributed by atoms with E-state index in [0.29, 0.717) is 6.04 Å². The fourth-order valence-corrected chi connectivity index (χ4v) is 2.81. The Bertz CT molecular complexity index is 403. The molecular formula is C16H25FN2. The molecule has 0 aromatic heterocycles. The highest BCUT2D eigenvalue weighted by Gasteiger charge is 2.37. The third-order valence-corrected chi connectivity index (χ3v) is 3.96. The molecule has 0 amide bonds. The topological polar surface area (TPSA) is 29.3 Å². The first kappa shape index (κ1) is 14.5. The lowest BCUT2D eigenvalue weighted by molar-refractivity contribution is 0.156. The van der Waals surface area contributed by atoms with Crippen LogP contribution in [0, 0.1) is 5.82 Å². The molecule has 2 unspecified atom stereocenters. The minimum Gasteiger partial charge on any atom is -0.326 e. The van der Waals surface area contributed by atoms with Gasteiger partial charge in [0.1, 0.15) is 5.82 Å². The second-order valence-electron chi connectivity index (χ2n) is 5.51. The molecule has 106 valence electrons. The average Bonchev–Trinajstić information content (AvgIpc) is 3.24. The van der Waals surface area contributed by atoms with Gasteiger partial charge in [-0.05, 0) is 38.3 Å². The summed E-state index contributed by atoms with van der Waals surface area (Å²) < 4.78 is 14.1. The number of nitrogens with zero attached hydrogens (tertiary/aromatic N) is 1. The van der Waals surface area contributed by atoms with Crippen LogP contribution in [0.1, 0.15) is 51.1 Å². The molecule has 3 heteroatoms. The van der Waals surface area contributed by atoms with Crippen LogP contribution in [0.25, 0.3) is 0 Å². The van der Waals surface area contributed by atoms with E-state index in [-0.39, 0.29) is 17.9 Å². The van der Waals surface area contributed by atoms with Gasteiger partial charge < -0.3 is 5.73 Å². The number of hydrogen-bond acceptors (Lipinski definition) is 2. The fourth-order valence-electron chi connectivity index (χ4n) is 2.81.